The molecule has 1 rings (SSSR count). The van der Waals surface area contributed by atoms with Gasteiger partial charge in [0.2, 0.25) is 0 Å². The fourth-order valence-corrected chi connectivity index (χ4v) is 2.52. The van der Waals surface area contributed by atoms with Crippen LogP contribution in [0.4, 0.5) is 0 Å². The Morgan fingerprint density at radius 3 is 2.06 bits per heavy atom. The van der Waals surface area contributed by atoms with Crippen molar-refractivity contribution in [1.29, 1.82) is 0 Å². The van der Waals surface area contributed by atoms with Crippen LogP contribution in [0.15, 0.2) is 24.3 Å². The molecule has 0 radical (unpaired) electrons. The van der Waals surface area contributed by atoms with Crippen LogP contribution < -0.4 is 0 Å². The van der Waals surface area contributed by atoms with Gasteiger partial charge in [-0.3, -0.25) is 0 Å². The first kappa shape index (κ1) is 13.8. The van der Waals surface area contributed by atoms with Gasteiger partial charge >= 0.3 is 0 Å². The quantitative estimate of drug-likeness (QED) is 0.637. The van der Waals surface area contributed by atoms with Crippen molar-refractivity contribution in [3.63, 3.8) is 0 Å². The van der Waals surface area contributed by atoms with Crippen molar-refractivity contribution in [2.75, 3.05) is 0 Å². The molecule has 0 aliphatic heterocycles. The lowest BCUT2D eigenvalue weighted by molar-refractivity contribution is 0.555. The SMILES string of the molecule is CCC(C)C(Br)c1ccc(CC(C)C)cc1. The van der Waals surface area contributed by atoms with Crippen LogP contribution in [0.2, 0.25) is 0 Å². The van der Waals surface area contributed by atoms with Crippen molar-refractivity contribution in [2.45, 2.75) is 45.4 Å². The van der Waals surface area contributed by atoms with E-state index in [1.54, 1.807) is 0 Å². The maximum absolute atomic E-state index is 3.79. The third-order valence-corrected chi connectivity index (χ3v) is 4.52. The summed E-state index contributed by atoms with van der Waals surface area (Å²) < 4.78 is 0. The van der Waals surface area contributed by atoms with Crippen molar-refractivity contribution in [1.82, 2.24) is 0 Å². The predicted octanol–water partition coefficient (Wildman–Crippen LogP) is 5.37. The van der Waals surface area contributed by atoms with E-state index in [1.165, 1.54) is 24.0 Å². The lowest BCUT2D eigenvalue weighted by Crippen LogP contribution is -2.02. The Hall–Kier alpha value is -0.300. The second kappa shape index (κ2) is 6.44. The molecule has 0 aliphatic rings. The van der Waals surface area contributed by atoms with Crippen LogP contribution in [-0.2, 0) is 6.42 Å². The van der Waals surface area contributed by atoms with Gasteiger partial charge in [-0.15, -0.1) is 0 Å². The zero-order valence-electron chi connectivity index (χ0n) is 10.8. The Kier molecular flexibility index (Phi) is 5.54. The fraction of sp³-hybridized carbons (Fsp3) is 0.600. The van der Waals surface area contributed by atoms with Crippen molar-refractivity contribution in [3.05, 3.63) is 35.4 Å². The number of hydrogen-bond donors (Lipinski definition) is 0. The molecule has 16 heavy (non-hydrogen) atoms. The summed E-state index contributed by atoms with van der Waals surface area (Å²) >= 11 is 3.79. The molecule has 0 heterocycles. The summed E-state index contributed by atoms with van der Waals surface area (Å²) in [5.74, 6) is 1.43. The van der Waals surface area contributed by atoms with Gasteiger partial charge in [0.15, 0.2) is 0 Å². The van der Waals surface area contributed by atoms with Crippen LogP contribution in [0.5, 0.6) is 0 Å². The maximum Gasteiger partial charge on any atom is 0.0420 e. The Morgan fingerprint density at radius 2 is 1.62 bits per heavy atom. The van der Waals surface area contributed by atoms with E-state index in [4.69, 9.17) is 0 Å². The molecule has 0 aliphatic carbocycles. The van der Waals surface area contributed by atoms with E-state index in [0.29, 0.717) is 10.7 Å². The minimum atomic E-state index is 0.491. The van der Waals surface area contributed by atoms with Gasteiger partial charge in [0.05, 0.1) is 0 Å². The highest BCUT2D eigenvalue weighted by Gasteiger charge is 2.13. The fourth-order valence-electron chi connectivity index (χ4n) is 1.84. The molecule has 90 valence electrons. The lowest BCUT2D eigenvalue weighted by Gasteiger charge is -2.17. The predicted molar refractivity (Wildman–Crippen MR) is 76.1 cm³/mol. The van der Waals surface area contributed by atoms with Gasteiger partial charge < -0.3 is 0 Å². The molecule has 0 saturated carbocycles. The van der Waals surface area contributed by atoms with Gasteiger partial charge in [0.1, 0.15) is 0 Å². The molecule has 1 aromatic rings. The second-order valence-corrected chi connectivity index (χ2v) is 6.11. The summed E-state index contributed by atoms with van der Waals surface area (Å²) in [5.41, 5.74) is 2.85. The number of halogens is 1. The maximum atomic E-state index is 3.79. The molecule has 2 unspecified atom stereocenters. The van der Waals surface area contributed by atoms with Gasteiger partial charge in [-0.05, 0) is 29.4 Å². The van der Waals surface area contributed by atoms with Gasteiger partial charge in [-0.1, -0.05) is 74.3 Å². The Morgan fingerprint density at radius 1 is 1.06 bits per heavy atom. The van der Waals surface area contributed by atoms with Crippen LogP contribution >= 0.6 is 15.9 Å². The highest BCUT2D eigenvalue weighted by atomic mass is 79.9. The average Bonchev–Trinajstić information content (AvgIpc) is 2.27. The van der Waals surface area contributed by atoms with E-state index >= 15 is 0 Å². The smallest absolute Gasteiger partial charge is 0.0420 e. The van der Waals surface area contributed by atoms with Crippen molar-refractivity contribution in [2.24, 2.45) is 11.8 Å². The Labute approximate surface area is 109 Å². The molecular formula is C15H23Br. The molecule has 0 spiro atoms. The molecular weight excluding hydrogens is 260 g/mol. The van der Waals surface area contributed by atoms with Crippen LogP contribution in [0, 0.1) is 11.8 Å². The van der Waals surface area contributed by atoms with Crippen molar-refractivity contribution in [3.8, 4) is 0 Å². The normalized spacial score (nSPS) is 15.1. The minimum absolute atomic E-state index is 0.491. The van der Waals surface area contributed by atoms with E-state index in [9.17, 15) is 0 Å². The molecule has 0 amide bonds. The summed E-state index contributed by atoms with van der Waals surface area (Å²) in [7, 11) is 0. The van der Waals surface area contributed by atoms with Gasteiger partial charge in [-0.25, -0.2) is 0 Å². The molecule has 0 saturated heterocycles. The van der Waals surface area contributed by atoms with Crippen molar-refractivity contribution >= 4 is 15.9 Å². The highest BCUT2D eigenvalue weighted by molar-refractivity contribution is 9.09. The number of hydrogen-bond acceptors (Lipinski definition) is 0. The molecule has 0 nitrogen and oxygen atoms in total. The summed E-state index contributed by atoms with van der Waals surface area (Å²) in [6.45, 7) is 9.06. The van der Waals surface area contributed by atoms with Gasteiger partial charge in [0.25, 0.3) is 0 Å². The largest absolute Gasteiger partial charge is 0.0836 e. The Bertz CT molecular complexity index is 300. The first-order valence-corrected chi connectivity index (χ1v) is 7.19. The third kappa shape index (κ3) is 3.93. The van der Waals surface area contributed by atoms with E-state index < -0.39 is 0 Å². The van der Waals surface area contributed by atoms with Crippen LogP contribution in [0.1, 0.15) is 50.1 Å². The molecule has 0 fully saturated rings. The Balaban J connectivity index is 2.70. The van der Waals surface area contributed by atoms with E-state index in [1.807, 2.05) is 0 Å². The van der Waals surface area contributed by atoms with Gasteiger partial charge in [0, 0.05) is 4.83 Å². The first-order chi connectivity index (χ1) is 7.54. The molecule has 1 heteroatoms. The number of alkyl halides is 1. The lowest BCUT2D eigenvalue weighted by atomic mass is 9.96. The summed E-state index contributed by atoms with van der Waals surface area (Å²) in [6.07, 6.45) is 2.39. The summed E-state index contributed by atoms with van der Waals surface area (Å²) in [6, 6.07) is 9.07. The molecule has 1 aromatic carbocycles. The molecule has 0 bridgehead atoms. The van der Waals surface area contributed by atoms with Gasteiger partial charge in [-0.2, -0.15) is 0 Å². The topological polar surface area (TPSA) is 0 Å². The van der Waals surface area contributed by atoms with E-state index in [-0.39, 0.29) is 0 Å². The van der Waals surface area contributed by atoms with Crippen LogP contribution in [-0.4, -0.2) is 0 Å². The van der Waals surface area contributed by atoms with Crippen molar-refractivity contribution < 1.29 is 0 Å². The monoisotopic (exact) mass is 282 g/mol. The second-order valence-electron chi connectivity index (χ2n) is 5.13. The van der Waals surface area contributed by atoms with Crippen LogP contribution in [0.3, 0.4) is 0 Å². The zero-order valence-corrected chi connectivity index (χ0v) is 12.4. The number of benzene rings is 1. The summed E-state index contributed by atoms with van der Waals surface area (Å²) in [5, 5.41) is 0. The zero-order chi connectivity index (χ0) is 12.1. The third-order valence-electron chi connectivity index (χ3n) is 3.09. The summed E-state index contributed by atoms with van der Waals surface area (Å²) in [4.78, 5) is 0.491. The standard InChI is InChI=1S/C15H23Br/c1-5-12(4)15(16)14-8-6-13(7-9-14)10-11(2)3/h6-9,11-12,15H,5,10H2,1-4H3. The highest BCUT2D eigenvalue weighted by Crippen LogP contribution is 2.32. The molecule has 0 aromatic heterocycles. The molecule has 0 N–H and O–H groups in total. The number of rotatable bonds is 5. The average molecular weight is 283 g/mol. The van der Waals surface area contributed by atoms with E-state index in [0.717, 1.165) is 5.92 Å². The minimum Gasteiger partial charge on any atom is -0.0836 e. The van der Waals surface area contributed by atoms with Crippen LogP contribution in [0.25, 0.3) is 0 Å². The first-order valence-electron chi connectivity index (χ1n) is 6.27. The van der Waals surface area contributed by atoms with E-state index in [2.05, 4.69) is 67.9 Å². The molecule has 2 atom stereocenters.